The lowest BCUT2D eigenvalue weighted by molar-refractivity contribution is -0.143. The topological polar surface area (TPSA) is 262 Å². The highest BCUT2D eigenvalue weighted by Crippen LogP contribution is 2.36. The summed E-state index contributed by atoms with van der Waals surface area (Å²) in [6.07, 6.45) is 12.1. The summed E-state index contributed by atoms with van der Waals surface area (Å²) < 4.78 is 30.9. The zero-order valence-electron chi connectivity index (χ0n) is 52.6. The van der Waals surface area contributed by atoms with Crippen molar-refractivity contribution in [1.29, 1.82) is 0 Å². The number of para-hydroxylation sites is 1. The predicted molar refractivity (Wildman–Crippen MR) is 341 cm³/mol. The summed E-state index contributed by atoms with van der Waals surface area (Å²) in [7, 11) is 1.71. The Kier molecular flexibility index (Phi) is 24.3. The molecule has 5 amide bonds. The van der Waals surface area contributed by atoms with Gasteiger partial charge in [-0.3, -0.25) is 28.9 Å². The first kappa shape index (κ1) is 65.8. The number of aromatic nitrogens is 4. The highest BCUT2D eigenvalue weighted by atomic mass is 16.6. The molecule has 2 aliphatic carbocycles. The summed E-state index contributed by atoms with van der Waals surface area (Å²) in [6.45, 7) is 11.3. The van der Waals surface area contributed by atoms with Gasteiger partial charge in [0.1, 0.15) is 48.0 Å². The smallest absolute Gasteiger partial charge is 0.246 e. The Bertz CT molecular complexity index is 3120. The van der Waals surface area contributed by atoms with E-state index in [-0.39, 0.29) is 80.3 Å². The molecule has 3 saturated heterocycles. The van der Waals surface area contributed by atoms with Crippen molar-refractivity contribution < 1.29 is 47.7 Å². The summed E-state index contributed by atoms with van der Waals surface area (Å²) >= 11 is 0. The van der Waals surface area contributed by atoms with Crippen molar-refractivity contribution in [2.75, 3.05) is 125 Å². The van der Waals surface area contributed by atoms with Crippen LogP contribution in [0.1, 0.15) is 107 Å². The maximum absolute atomic E-state index is 14.7. The number of benzene rings is 3. The highest BCUT2D eigenvalue weighted by Gasteiger charge is 2.45. The molecular weight excluding hydrogens is 1150 g/mol. The van der Waals surface area contributed by atoms with Gasteiger partial charge in [0, 0.05) is 70.4 Å². The van der Waals surface area contributed by atoms with E-state index < -0.39 is 24.2 Å². The standard InChI is InChI=1S/C67H93N13O10/c1-47(69-2)65(83)74-62(49-15-5-3-6-16-49)67(85)79-43-51(42-57(79)66(84)73-56-22-11-17-48-14-9-10-21-55(48)56)72-58(81)45-89-41-40-88-39-38-87-37-36-86-35-34-77-32-30-76(31-33-77)28-13-23-59(82)78-29-12-18-52(44-78)80-64-60(63(68)70-46-71-64)61(75-80)50-24-26-54(27-25-50)90-53-19-7-4-8-20-53/h4,7-10,14,19-21,24-27,46-47,49,51-52,56-57,62,69H,3,5-6,11-13,15-18,22-23,28-45H2,1-2H3,(H,72,81)(H,73,84)(H,74,83)(H2,68,70,71)/t47-,51-,52+,56+,57-,62?/m0/s1. The number of fused-ring (bicyclic) bond motifs is 2. The largest absolute Gasteiger partial charge is 0.457 e. The number of piperazine rings is 1. The van der Waals surface area contributed by atoms with Gasteiger partial charge in [-0.15, -0.1) is 0 Å². The van der Waals surface area contributed by atoms with Crippen LogP contribution >= 0.6 is 0 Å². The fourth-order valence-electron chi connectivity index (χ4n) is 13.3. The predicted octanol–water partition coefficient (Wildman–Crippen LogP) is 5.45. The number of likely N-dealkylation sites (tertiary alicyclic amines) is 2. The number of nitrogens with two attached hydrogens (primary N) is 1. The number of rotatable bonds is 30. The molecule has 5 heterocycles. The zero-order valence-corrected chi connectivity index (χ0v) is 52.6. The van der Waals surface area contributed by atoms with E-state index in [4.69, 9.17) is 34.5 Å². The number of nitrogens with zero attached hydrogens (tertiary/aromatic N) is 8. The summed E-state index contributed by atoms with van der Waals surface area (Å²) in [4.78, 5) is 86.5. The normalized spacial score (nSPS) is 20.7. The van der Waals surface area contributed by atoms with Gasteiger partial charge >= 0.3 is 0 Å². The van der Waals surface area contributed by atoms with Gasteiger partial charge in [0.2, 0.25) is 29.5 Å². The molecule has 90 heavy (non-hydrogen) atoms. The molecular formula is C67H93N13O10. The minimum atomic E-state index is -0.825. The molecule has 3 aliphatic heterocycles. The van der Waals surface area contributed by atoms with E-state index in [0.29, 0.717) is 74.3 Å². The Labute approximate surface area is 528 Å². The van der Waals surface area contributed by atoms with Crippen LogP contribution in [0.4, 0.5) is 5.82 Å². The molecule has 0 radical (unpaired) electrons. The van der Waals surface area contributed by atoms with E-state index in [1.807, 2.05) is 76.3 Å². The summed E-state index contributed by atoms with van der Waals surface area (Å²) in [5.74, 6) is 0.800. The minimum Gasteiger partial charge on any atom is -0.457 e. The van der Waals surface area contributed by atoms with Crippen molar-refractivity contribution in [2.24, 2.45) is 5.92 Å². The van der Waals surface area contributed by atoms with Crippen LogP contribution in [-0.4, -0.2) is 212 Å². The number of hydrogen-bond donors (Lipinski definition) is 5. The average molecular weight is 1240 g/mol. The number of likely N-dealkylation sites (N-methyl/N-ethyl adjacent to an activating group) is 1. The molecule has 1 saturated carbocycles. The summed E-state index contributed by atoms with van der Waals surface area (Å²) in [5.41, 5.74) is 11.0. The van der Waals surface area contributed by atoms with E-state index in [2.05, 4.69) is 53.2 Å². The van der Waals surface area contributed by atoms with Crippen molar-refractivity contribution in [3.8, 4) is 22.8 Å². The Morgan fingerprint density at radius 2 is 1.39 bits per heavy atom. The molecule has 6 atom stereocenters. The van der Waals surface area contributed by atoms with Gasteiger partial charge in [0.05, 0.1) is 69.8 Å². The van der Waals surface area contributed by atoms with Crippen LogP contribution in [0.15, 0.2) is 85.2 Å². The maximum atomic E-state index is 14.7. The van der Waals surface area contributed by atoms with Gasteiger partial charge in [0.15, 0.2) is 5.65 Å². The quantitative estimate of drug-likeness (QED) is 0.0358. The number of ether oxygens (including phenoxy) is 5. The minimum absolute atomic E-state index is 0.0423. The molecule has 0 spiro atoms. The molecule has 4 fully saturated rings. The SMILES string of the molecule is CN[C@@H](C)C(=O)NC(C(=O)N1C[C@@H](NC(=O)COCCOCCOCCOCCN2CCN(CCCC(=O)N3CCC[C@@H](n4nc(-c5ccc(Oc6ccccc6)cc5)c5c(N)ncnc54)C3)CC2)C[C@H]1C(=O)N[C@@H]1CCCc2ccccc21)C1CCCCC1. The van der Waals surface area contributed by atoms with Gasteiger partial charge in [-0.1, -0.05) is 61.7 Å². The maximum Gasteiger partial charge on any atom is 0.246 e. The molecule has 6 N–H and O–H groups in total. The van der Waals surface area contributed by atoms with Crippen LogP contribution in [0.25, 0.3) is 22.3 Å². The van der Waals surface area contributed by atoms with Crippen LogP contribution in [0, 0.1) is 5.92 Å². The number of hydrogen-bond acceptors (Lipinski definition) is 17. The Hall–Kier alpha value is -7.12. The molecule has 23 nitrogen and oxygen atoms in total. The van der Waals surface area contributed by atoms with Crippen LogP contribution in [0.5, 0.6) is 11.5 Å². The second-order valence-corrected chi connectivity index (χ2v) is 24.6. The molecule has 5 aliphatic rings. The lowest BCUT2D eigenvalue weighted by Crippen LogP contribution is -2.58. The zero-order chi connectivity index (χ0) is 62.6. The van der Waals surface area contributed by atoms with Crippen molar-refractivity contribution in [3.05, 3.63) is 96.3 Å². The third-order valence-electron chi connectivity index (χ3n) is 18.4. The van der Waals surface area contributed by atoms with Crippen molar-refractivity contribution in [1.82, 2.24) is 60.6 Å². The number of piperidine rings is 1. The average Bonchev–Trinajstić information content (AvgIpc) is 1.64. The fourth-order valence-corrected chi connectivity index (χ4v) is 13.3. The molecule has 486 valence electrons. The number of nitrogen functional groups attached to an aromatic ring is 1. The summed E-state index contributed by atoms with van der Waals surface area (Å²) in [6, 6.07) is 22.8. The molecule has 0 bridgehead atoms. The second-order valence-electron chi connectivity index (χ2n) is 24.6. The Balaban J connectivity index is 0.567. The summed E-state index contributed by atoms with van der Waals surface area (Å²) in [5, 5.41) is 18.1. The second kappa shape index (κ2) is 33.3. The van der Waals surface area contributed by atoms with Crippen molar-refractivity contribution in [3.63, 3.8) is 0 Å². The Morgan fingerprint density at radius 1 is 0.700 bits per heavy atom. The van der Waals surface area contributed by atoms with Crippen LogP contribution in [-0.2, 0) is 49.3 Å². The lowest BCUT2D eigenvalue weighted by atomic mass is 9.83. The number of aryl methyl sites for hydroxylation is 1. The van der Waals surface area contributed by atoms with Crippen molar-refractivity contribution >= 4 is 46.4 Å². The van der Waals surface area contributed by atoms with Gasteiger partial charge in [-0.2, -0.15) is 5.10 Å². The van der Waals surface area contributed by atoms with Crippen LogP contribution in [0.3, 0.4) is 0 Å². The molecule has 5 aromatic rings. The third-order valence-corrected chi connectivity index (χ3v) is 18.4. The van der Waals surface area contributed by atoms with Gasteiger partial charge < -0.3 is 65.4 Å². The number of anilines is 1. The third kappa shape index (κ3) is 17.9. The lowest BCUT2D eigenvalue weighted by Gasteiger charge is -2.35. The van der Waals surface area contributed by atoms with Crippen LogP contribution in [0.2, 0.25) is 0 Å². The monoisotopic (exact) mass is 1240 g/mol. The number of carbonyl (C=O) groups excluding carboxylic acids is 5. The van der Waals surface area contributed by atoms with E-state index in [9.17, 15) is 24.0 Å². The number of amides is 5. The van der Waals surface area contributed by atoms with E-state index in [0.717, 1.165) is 133 Å². The molecule has 10 rings (SSSR count). The highest BCUT2D eigenvalue weighted by molar-refractivity contribution is 5.98. The van der Waals surface area contributed by atoms with Gasteiger partial charge in [0.25, 0.3) is 0 Å². The van der Waals surface area contributed by atoms with Crippen molar-refractivity contribution in [2.45, 2.75) is 127 Å². The number of carbonyl (C=O) groups is 5. The van der Waals surface area contributed by atoms with E-state index in [1.165, 1.54) is 11.9 Å². The van der Waals surface area contributed by atoms with E-state index in [1.54, 1.807) is 18.9 Å². The molecule has 23 heteroatoms. The van der Waals surface area contributed by atoms with E-state index >= 15 is 0 Å². The first-order valence-electron chi connectivity index (χ1n) is 32.8. The Morgan fingerprint density at radius 3 is 2.13 bits per heavy atom. The van der Waals surface area contributed by atoms with Crippen LogP contribution < -0.4 is 31.7 Å². The molecule has 3 aromatic carbocycles. The fraction of sp³-hybridized carbons (Fsp3) is 0.582. The molecule has 2 aromatic heterocycles. The molecule has 1 unspecified atom stereocenters. The first-order chi connectivity index (χ1) is 44.0. The number of nitrogens with one attached hydrogen (secondary N) is 4. The first-order valence-corrected chi connectivity index (χ1v) is 32.8. The van der Waals surface area contributed by atoms with Gasteiger partial charge in [-0.25, -0.2) is 14.6 Å². The van der Waals surface area contributed by atoms with Gasteiger partial charge in [-0.05, 0) is 132 Å².